The van der Waals surface area contributed by atoms with Crippen LogP contribution in [0.2, 0.25) is 0 Å². The topological polar surface area (TPSA) is 92.4 Å². The molecule has 0 spiro atoms. The van der Waals surface area contributed by atoms with Crippen LogP contribution in [-0.2, 0) is 9.59 Å². The molecule has 0 saturated carbocycles. The van der Waals surface area contributed by atoms with Crippen LogP contribution < -0.4 is 11.1 Å². The van der Waals surface area contributed by atoms with E-state index in [2.05, 4.69) is 5.32 Å². The van der Waals surface area contributed by atoms with Gasteiger partial charge in [-0.15, -0.1) is 0 Å². The summed E-state index contributed by atoms with van der Waals surface area (Å²) < 4.78 is 0. The van der Waals surface area contributed by atoms with Crippen molar-refractivity contribution in [3.05, 3.63) is 0 Å². The van der Waals surface area contributed by atoms with Gasteiger partial charge in [-0.05, 0) is 27.2 Å². The molecule has 0 aliphatic heterocycles. The van der Waals surface area contributed by atoms with E-state index in [4.69, 9.17) is 10.8 Å². The maximum atomic E-state index is 11.8. The number of rotatable bonds is 5. The molecule has 0 saturated heterocycles. The molecule has 0 aromatic carbocycles. The van der Waals surface area contributed by atoms with E-state index in [0.29, 0.717) is 6.42 Å². The number of carbonyl (C=O) groups excluding carboxylic acids is 1. The molecule has 88 valence electrons. The van der Waals surface area contributed by atoms with Crippen molar-refractivity contribution in [2.45, 2.75) is 39.7 Å². The van der Waals surface area contributed by atoms with Crippen molar-refractivity contribution in [2.75, 3.05) is 6.54 Å². The highest BCUT2D eigenvalue weighted by atomic mass is 16.4. The predicted octanol–water partition coefficient (Wildman–Crippen LogP) is 0.341. The Morgan fingerprint density at radius 3 is 2.07 bits per heavy atom. The maximum absolute atomic E-state index is 11.8. The van der Waals surface area contributed by atoms with Gasteiger partial charge >= 0.3 is 5.97 Å². The van der Waals surface area contributed by atoms with Gasteiger partial charge in [-0.1, -0.05) is 6.92 Å². The van der Waals surface area contributed by atoms with Crippen molar-refractivity contribution in [1.82, 2.24) is 5.32 Å². The normalized spacial score (nSPS) is 15.5. The van der Waals surface area contributed by atoms with E-state index in [0.717, 1.165) is 0 Å². The Labute approximate surface area is 90.0 Å². The lowest BCUT2D eigenvalue weighted by atomic mass is 9.85. The summed E-state index contributed by atoms with van der Waals surface area (Å²) in [4.78, 5) is 22.6. The van der Waals surface area contributed by atoms with Crippen molar-refractivity contribution in [3.8, 4) is 0 Å². The fourth-order valence-corrected chi connectivity index (χ4v) is 0.886. The second-order valence-corrected chi connectivity index (χ2v) is 4.50. The number of hydrogen-bond donors (Lipinski definition) is 3. The molecule has 0 aromatic rings. The van der Waals surface area contributed by atoms with Crippen LogP contribution in [0.4, 0.5) is 0 Å². The van der Waals surface area contributed by atoms with Gasteiger partial charge in [0.05, 0.1) is 5.41 Å². The highest BCUT2D eigenvalue weighted by Crippen LogP contribution is 2.20. The Balaban J connectivity index is 4.69. The third-order valence-electron chi connectivity index (χ3n) is 2.74. The Bertz CT molecular complexity index is 257. The highest BCUT2D eigenvalue weighted by Gasteiger charge is 2.36. The Hall–Kier alpha value is -1.10. The number of amides is 1. The van der Waals surface area contributed by atoms with Crippen LogP contribution in [-0.4, -0.2) is 29.1 Å². The average Bonchev–Trinajstić information content (AvgIpc) is 2.15. The van der Waals surface area contributed by atoms with E-state index in [1.165, 1.54) is 13.8 Å². The third kappa shape index (κ3) is 3.20. The standard InChI is InChI=1S/C10H20N2O3/c1-5-10(4,6-11)7(13)12-9(2,3)8(14)15/h5-6,11H2,1-4H3,(H,12,13)(H,14,15). The van der Waals surface area contributed by atoms with Crippen molar-refractivity contribution >= 4 is 11.9 Å². The second-order valence-electron chi connectivity index (χ2n) is 4.50. The number of aliphatic carboxylic acids is 1. The molecule has 0 radical (unpaired) electrons. The molecule has 0 aromatic heterocycles. The van der Waals surface area contributed by atoms with E-state index >= 15 is 0 Å². The van der Waals surface area contributed by atoms with Gasteiger partial charge in [-0.3, -0.25) is 4.79 Å². The van der Waals surface area contributed by atoms with Crippen molar-refractivity contribution < 1.29 is 14.7 Å². The maximum Gasteiger partial charge on any atom is 0.328 e. The van der Waals surface area contributed by atoms with Crippen LogP contribution in [0.25, 0.3) is 0 Å². The van der Waals surface area contributed by atoms with Crippen LogP contribution in [0, 0.1) is 5.41 Å². The zero-order valence-corrected chi connectivity index (χ0v) is 9.76. The molecule has 1 amide bonds. The van der Waals surface area contributed by atoms with Crippen molar-refractivity contribution in [1.29, 1.82) is 0 Å². The fraction of sp³-hybridized carbons (Fsp3) is 0.800. The second kappa shape index (κ2) is 4.61. The molecule has 0 aliphatic carbocycles. The van der Waals surface area contributed by atoms with Crippen LogP contribution >= 0.6 is 0 Å². The number of carbonyl (C=O) groups is 2. The van der Waals surface area contributed by atoms with Crippen molar-refractivity contribution in [2.24, 2.45) is 11.1 Å². The minimum atomic E-state index is -1.26. The first kappa shape index (κ1) is 13.9. The summed E-state index contributed by atoms with van der Waals surface area (Å²) in [5.41, 5.74) is 3.54. The van der Waals surface area contributed by atoms with Crippen LogP contribution in [0.15, 0.2) is 0 Å². The zero-order valence-electron chi connectivity index (χ0n) is 9.76. The largest absolute Gasteiger partial charge is 0.480 e. The first-order valence-corrected chi connectivity index (χ1v) is 4.95. The van der Waals surface area contributed by atoms with E-state index < -0.39 is 16.9 Å². The Kier molecular flexibility index (Phi) is 4.27. The molecule has 15 heavy (non-hydrogen) atoms. The highest BCUT2D eigenvalue weighted by molar-refractivity contribution is 5.89. The van der Waals surface area contributed by atoms with Gasteiger partial charge in [0.1, 0.15) is 5.54 Å². The number of nitrogens with one attached hydrogen (secondary N) is 1. The first-order valence-electron chi connectivity index (χ1n) is 4.95. The zero-order chi connectivity index (χ0) is 12.3. The summed E-state index contributed by atoms with van der Waals surface area (Å²) in [5, 5.41) is 11.3. The van der Waals surface area contributed by atoms with Gasteiger partial charge in [-0.25, -0.2) is 4.79 Å². The molecule has 0 bridgehead atoms. The third-order valence-corrected chi connectivity index (χ3v) is 2.74. The lowest BCUT2D eigenvalue weighted by molar-refractivity contribution is -0.147. The summed E-state index contributed by atoms with van der Waals surface area (Å²) in [6.07, 6.45) is 0.574. The molecular formula is C10H20N2O3. The van der Waals surface area contributed by atoms with Gasteiger partial charge in [0.25, 0.3) is 0 Å². The van der Waals surface area contributed by atoms with Crippen molar-refractivity contribution in [3.63, 3.8) is 0 Å². The molecule has 4 N–H and O–H groups in total. The van der Waals surface area contributed by atoms with E-state index in [1.54, 1.807) is 6.92 Å². The Morgan fingerprint density at radius 2 is 1.80 bits per heavy atom. The van der Waals surface area contributed by atoms with E-state index in [1.807, 2.05) is 6.92 Å². The Morgan fingerprint density at radius 1 is 1.33 bits per heavy atom. The summed E-state index contributed by atoms with van der Waals surface area (Å²) in [6.45, 7) is 6.66. The lowest BCUT2D eigenvalue weighted by Crippen LogP contribution is -2.55. The summed E-state index contributed by atoms with van der Waals surface area (Å²) in [5.74, 6) is -1.38. The van der Waals surface area contributed by atoms with Gasteiger partial charge in [-0.2, -0.15) is 0 Å². The average molecular weight is 216 g/mol. The molecule has 0 rings (SSSR count). The molecule has 1 atom stereocenters. The molecule has 0 fully saturated rings. The molecule has 0 heterocycles. The van der Waals surface area contributed by atoms with E-state index in [-0.39, 0.29) is 12.5 Å². The number of carboxylic acids is 1. The molecule has 1 unspecified atom stereocenters. The van der Waals surface area contributed by atoms with Crippen LogP contribution in [0.1, 0.15) is 34.1 Å². The smallest absolute Gasteiger partial charge is 0.328 e. The lowest BCUT2D eigenvalue weighted by Gasteiger charge is -2.30. The van der Waals surface area contributed by atoms with Gasteiger partial charge in [0.15, 0.2) is 0 Å². The SMILES string of the molecule is CCC(C)(CN)C(=O)NC(C)(C)C(=O)O. The number of carboxylic acid groups (broad SMARTS) is 1. The summed E-state index contributed by atoms with van der Waals surface area (Å²) in [6, 6.07) is 0. The molecule has 5 heteroatoms. The summed E-state index contributed by atoms with van der Waals surface area (Å²) in [7, 11) is 0. The van der Waals surface area contributed by atoms with E-state index in [9.17, 15) is 9.59 Å². The fourth-order valence-electron chi connectivity index (χ4n) is 0.886. The van der Waals surface area contributed by atoms with Crippen LogP contribution in [0.3, 0.4) is 0 Å². The predicted molar refractivity (Wildman–Crippen MR) is 57.3 cm³/mol. The summed E-state index contributed by atoms with van der Waals surface area (Å²) >= 11 is 0. The number of hydrogen-bond acceptors (Lipinski definition) is 3. The quantitative estimate of drug-likeness (QED) is 0.618. The monoisotopic (exact) mass is 216 g/mol. The van der Waals surface area contributed by atoms with Gasteiger partial charge < -0.3 is 16.2 Å². The molecule has 0 aliphatic rings. The molecule has 5 nitrogen and oxygen atoms in total. The van der Waals surface area contributed by atoms with Gasteiger partial charge in [0, 0.05) is 6.54 Å². The number of nitrogens with two attached hydrogens (primary N) is 1. The molecular weight excluding hydrogens is 196 g/mol. The van der Waals surface area contributed by atoms with Crippen LogP contribution in [0.5, 0.6) is 0 Å². The minimum absolute atomic E-state index is 0.199. The van der Waals surface area contributed by atoms with Gasteiger partial charge in [0.2, 0.25) is 5.91 Å². The minimum Gasteiger partial charge on any atom is -0.480 e. The first-order chi connectivity index (χ1) is 6.69.